The molecule has 1 heterocycles. The summed E-state index contributed by atoms with van der Waals surface area (Å²) in [7, 11) is 0. The van der Waals surface area contributed by atoms with Crippen LogP contribution in [0.4, 0.5) is 0 Å². The van der Waals surface area contributed by atoms with E-state index in [4.69, 9.17) is 5.41 Å². The number of hydrogen-bond acceptors (Lipinski definition) is 2. The van der Waals surface area contributed by atoms with Crippen molar-refractivity contribution < 1.29 is 0 Å². The average molecular weight is 521 g/mol. The second kappa shape index (κ2) is 15.1. The predicted octanol–water partition coefficient (Wildman–Crippen LogP) is 10.1. The first kappa shape index (κ1) is 31.6. The summed E-state index contributed by atoms with van der Waals surface area (Å²) in [6.45, 7) is 20.0. The van der Waals surface area contributed by atoms with Gasteiger partial charge in [0.05, 0.1) is 11.3 Å². The monoisotopic (exact) mass is 520 g/mol. The van der Waals surface area contributed by atoms with E-state index in [1.165, 1.54) is 33.5 Å². The predicted molar refractivity (Wildman–Crippen MR) is 173 cm³/mol. The molecule has 2 heteroatoms. The summed E-state index contributed by atoms with van der Waals surface area (Å²) in [6.07, 6.45) is 9.68. The molecular formula is C37H48N2. The highest BCUT2D eigenvalue weighted by Crippen LogP contribution is 2.39. The van der Waals surface area contributed by atoms with Gasteiger partial charge in [0.2, 0.25) is 0 Å². The van der Waals surface area contributed by atoms with Gasteiger partial charge in [-0.05, 0) is 80.5 Å². The Kier molecular flexibility index (Phi) is 12.2. The highest BCUT2D eigenvalue weighted by molar-refractivity contribution is 6.10. The van der Waals surface area contributed by atoms with Crippen LogP contribution >= 0.6 is 0 Å². The molecule has 0 unspecified atom stereocenters. The molecule has 0 saturated heterocycles. The maximum atomic E-state index is 8.61. The lowest BCUT2D eigenvalue weighted by Gasteiger charge is -2.44. The van der Waals surface area contributed by atoms with Crippen molar-refractivity contribution in [1.82, 2.24) is 4.90 Å². The van der Waals surface area contributed by atoms with Gasteiger partial charge >= 0.3 is 0 Å². The first-order chi connectivity index (χ1) is 18.8. The molecule has 206 valence electrons. The van der Waals surface area contributed by atoms with Crippen molar-refractivity contribution >= 4 is 11.4 Å². The van der Waals surface area contributed by atoms with Crippen molar-refractivity contribution in [3.8, 4) is 0 Å². The summed E-state index contributed by atoms with van der Waals surface area (Å²) in [5.41, 5.74) is 10.2. The highest BCUT2D eigenvalue weighted by Gasteiger charge is 2.33. The van der Waals surface area contributed by atoms with Crippen LogP contribution in [0.15, 0.2) is 103 Å². The number of benzene rings is 3. The first-order valence-electron chi connectivity index (χ1n) is 14.4. The Labute approximate surface area is 238 Å². The lowest BCUT2D eigenvalue weighted by molar-refractivity contribution is 0.218. The van der Waals surface area contributed by atoms with E-state index in [1.807, 2.05) is 65.0 Å². The molecule has 3 aromatic rings. The summed E-state index contributed by atoms with van der Waals surface area (Å²) >= 11 is 0. The van der Waals surface area contributed by atoms with Gasteiger partial charge in [0.1, 0.15) is 0 Å². The third kappa shape index (κ3) is 7.47. The van der Waals surface area contributed by atoms with Crippen molar-refractivity contribution in [2.24, 2.45) is 0 Å². The van der Waals surface area contributed by atoms with Crippen LogP contribution in [0, 0.1) is 19.3 Å². The number of rotatable bonds is 7. The van der Waals surface area contributed by atoms with Crippen LogP contribution in [0.1, 0.15) is 81.8 Å². The maximum absolute atomic E-state index is 8.61. The first-order valence-corrected chi connectivity index (χ1v) is 14.4. The molecule has 39 heavy (non-hydrogen) atoms. The molecule has 1 aliphatic heterocycles. The smallest absolute Gasteiger partial charge is 0.0638 e. The maximum Gasteiger partial charge on any atom is 0.0638 e. The van der Waals surface area contributed by atoms with E-state index in [9.17, 15) is 0 Å². The Morgan fingerprint density at radius 1 is 0.846 bits per heavy atom. The minimum Gasteiger partial charge on any atom is -0.358 e. The van der Waals surface area contributed by atoms with E-state index < -0.39 is 0 Å². The largest absolute Gasteiger partial charge is 0.358 e. The average Bonchev–Trinajstić information content (AvgIpc) is 2.98. The molecule has 1 N–H and O–H groups in total. The second-order valence-electron chi connectivity index (χ2n) is 9.91. The van der Waals surface area contributed by atoms with Crippen LogP contribution in [0.25, 0.3) is 5.70 Å². The minimum absolute atomic E-state index is 0.212. The third-order valence-electron chi connectivity index (χ3n) is 7.14. The second-order valence-corrected chi connectivity index (χ2v) is 9.91. The molecule has 1 aliphatic rings. The van der Waals surface area contributed by atoms with E-state index in [0.717, 1.165) is 24.1 Å². The van der Waals surface area contributed by atoms with E-state index in [-0.39, 0.29) is 5.54 Å². The summed E-state index contributed by atoms with van der Waals surface area (Å²) in [5, 5.41) is 8.61. The Morgan fingerprint density at radius 3 is 2.08 bits per heavy atom. The van der Waals surface area contributed by atoms with Crippen molar-refractivity contribution in [3.05, 3.63) is 136 Å². The van der Waals surface area contributed by atoms with Crippen molar-refractivity contribution in [1.29, 1.82) is 5.41 Å². The van der Waals surface area contributed by atoms with E-state index in [2.05, 4.69) is 99.4 Å². The summed E-state index contributed by atoms with van der Waals surface area (Å²) in [4.78, 5) is 2.53. The zero-order valence-electron chi connectivity index (χ0n) is 25.6. The topological polar surface area (TPSA) is 27.1 Å². The molecule has 0 saturated carbocycles. The minimum atomic E-state index is -0.212. The van der Waals surface area contributed by atoms with Gasteiger partial charge in [0.25, 0.3) is 0 Å². The lowest BCUT2D eigenvalue weighted by atomic mass is 9.84. The molecule has 0 atom stereocenters. The van der Waals surface area contributed by atoms with Gasteiger partial charge in [0.15, 0.2) is 0 Å². The van der Waals surface area contributed by atoms with Crippen LogP contribution in [0.5, 0.6) is 0 Å². The van der Waals surface area contributed by atoms with Crippen LogP contribution in [-0.2, 0) is 12.0 Å². The number of allylic oxidation sites excluding steroid dienone is 4. The Morgan fingerprint density at radius 2 is 1.44 bits per heavy atom. The molecule has 0 radical (unpaired) electrons. The number of hydrogen-bond donors (Lipinski definition) is 1. The van der Waals surface area contributed by atoms with Gasteiger partial charge in [-0.25, -0.2) is 0 Å². The van der Waals surface area contributed by atoms with Crippen molar-refractivity contribution in [2.75, 3.05) is 6.54 Å². The Hall–Kier alpha value is -3.65. The SMILES string of the molecule is C/C(=C/Cc1ccccc1C(C)(C)N1CC=CC=C1c1c(C)cccc1C)C(=N)c1ccccc1.CC.CC. The van der Waals surface area contributed by atoms with Gasteiger partial charge in [-0.2, -0.15) is 0 Å². The molecule has 0 bridgehead atoms. The molecule has 4 rings (SSSR count). The molecule has 0 aliphatic carbocycles. The fraction of sp³-hybridized carbons (Fsp3) is 0.324. The highest BCUT2D eigenvalue weighted by atomic mass is 15.2. The molecule has 0 aromatic heterocycles. The van der Waals surface area contributed by atoms with Crippen molar-refractivity contribution in [2.45, 2.75) is 74.3 Å². The zero-order valence-corrected chi connectivity index (χ0v) is 25.6. The molecule has 3 aromatic carbocycles. The van der Waals surface area contributed by atoms with Gasteiger partial charge in [-0.1, -0.05) is 119 Å². The van der Waals surface area contributed by atoms with Gasteiger partial charge in [-0.3, -0.25) is 0 Å². The zero-order chi connectivity index (χ0) is 29.0. The standard InChI is InChI=1S/C33H36N2.2C2H6/c1-24-14-13-15-25(2)31(24)30-20-11-12-23-35(30)33(4,5)29-19-10-9-16-27(29)22-21-26(3)32(34)28-17-7-6-8-18-28;2*1-2/h6-21,34H,22-23H2,1-5H3;2*1-2H3/b26-21-,34-32?;;. The fourth-order valence-electron chi connectivity index (χ4n) is 5.12. The van der Waals surface area contributed by atoms with E-state index >= 15 is 0 Å². The Balaban J connectivity index is 0.00000127. The van der Waals surface area contributed by atoms with Crippen LogP contribution in [0.2, 0.25) is 0 Å². The molecule has 0 spiro atoms. The van der Waals surface area contributed by atoms with Crippen LogP contribution < -0.4 is 0 Å². The third-order valence-corrected chi connectivity index (χ3v) is 7.14. The molecular weight excluding hydrogens is 472 g/mol. The Bertz CT molecular complexity index is 1290. The van der Waals surface area contributed by atoms with Gasteiger partial charge in [-0.15, -0.1) is 0 Å². The molecule has 2 nitrogen and oxygen atoms in total. The number of nitrogens with one attached hydrogen (secondary N) is 1. The van der Waals surface area contributed by atoms with Crippen LogP contribution in [-0.4, -0.2) is 17.2 Å². The lowest BCUT2D eigenvalue weighted by Crippen LogP contribution is -2.42. The van der Waals surface area contributed by atoms with Gasteiger partial charge < -0.3 is 10.3 Å². The summed E-state index contributed by atoms with van der Waals surface area (Å²) in [5.74, 6) is 0. The summed E-state index contributed by atoms with van der Waals surface area (Å²) in [6, 6.07) is 25.3. The summed E-state index contributed by atoms with van der Waals surface area (Å²) < 4.78 is 0. The van der Waals surface area contributed by atoms with Crippen LogP contribution in [0.3, 0.4) is 0 Å². The van der Waals surface area contributed by atoms with E-state index in [0.29, 0.717) is 5.71 Å². The normalized spacial score (nSPS) is 13.0. The molecule has 0 fully saturated rings. The number of nitrogens with zero attached hydrogens (tertiary/aromatic N) is 1. The quantitative estimate of drug-likeness (QED) is 0.308. The number of aryl methyl sites for hydroxylation is 2. The van der Waals surface area contributed by atoms with E-state index in [1.54, 1.807) is 0 Å². The fourth-order valence-corrected chi connectivity index (χ4v) is 5.12. The van der Waals surface area contributed by atoms with Gasteiger partial charge in [0, 0.05) is 17.8 Å². The molecule has 0 amide bonds. The van der Waals surface area contributed by atoms with Crippen molar-refractivity contribution in [3.63, 3.8) is 0 Å².